The van der Waals surface area contributed by atoms with Crippen molar-refractivity contribution in [3.05, 3.63) is 0 Å². The van der Waals surface area contributed by atoms with Gasteiger partial charge in [-0.15, -0.1) is 0 Å². The molecule has 0 saturated carbocycles. The molecule has 0 heterocycles. The lowest BCUT2D eigenvalue weighted by Gasteiger charge is -2.32. The first kappa shape index (κ1) is 34.7. The van der Waals surface area contributed by atoms with E-state index in [1.54, 1.807) is 41.5 Å². The number of carboxylic acids is 1. The van der Waals surface area contributed by atoms with Crippen molar-refractivity contribution in [2.24, 2.45) is 17.4 Å². The molecule has 0 spiro atoms. The predicted octanol–water partition coefficient (Wildman–Crippen LogP) is -1.50. The minimum Gasteiger partial charge on any atom is -0.480 e. The molecule has 218 valence electrons. The molecule has 0 aliphatic rings. The Kier molecular flexibility index (Phi) is 14.5. The number of rotatable bonds is 16. The van der Waals surface area contributed by atoms with E-state index in [1.165, 1.54) is 6.92 Å². The highest BCUT2D eigenvalue weighted by atomic mass is 16.5. The van der Waals surface area contributed by atoms with Gasteiger partial charge in [-0.1, -0.05) is 20.3 Å². The van der Waals surface area contributed by atoms with E-state index in [4.69, 9.17) is 21.3 Å². The number of nitrogens with one attached hydrogen (secondary N) is 4. The number of ether oxygens (including phenoxy) is 1. The number of carbonyl (C=O) groups excluding carboxylic acids is 5. The third kappa shape index (κ3) is 13.3. The molecule has 0 aromatic carbocycles. The Morgan fingerprint density at radius 2 is 1.42 bits per heavy atom. The summed E-state index contributed by atoms with van der Waals surface area (Å²) in [5.74, 6) is -5.00. The van der Waals surface area contributed by atoms with Crippen LogP contribution in [0.2, 0.25) is 0 Å². The molecule has 9 N–H and O–H groups in total. The molecule has 14 heteroatoms. The summed E-state index contributed by atoms with van der Waals surface area (Å²) in [7, 11) is 0. The van der Waals surface area contributed by atoms with Crippen LogP contribution in [0.15, 0.2) is 0 Å². The third-order valence-electron chi connectivity index (χ3n) is 5.59. The largest absolute Gasteiger partial charge is 0.480 e. The van der Waals surface area contributed by atoms with Gasteiger partial charge in [0, 0.05) is 6.42 Å². The first-order valence-corrected chi connectivity index (χ1v) is 12.5. The van der Waals surface area contributed by atoms with Crippen molar-refractivity contribution in [2.45, 2.75) is 104 Å². The molecule has 0 aliphatic carbocycles. The fourth-order valence-electron chi connectivity index (χ4n) is 3.33. The first-order chi connectivity index (χ1) is 17.4. The summed E-state index contributed by atoms with van der Waals surface area (Å²) in [4.78, 5) is 72.9. The first-order valence-electron chi connectivity index (χ1n) is 12.5. The number of nitrogens with two attached hydrogens (primary N) is 2. The lowest BCUT2D eigenvalue weighted by molar-refractivity contribution is -0.140. The Morgan fingerprint density at radius 3 is 1.89 bits per heavy atom. The molecule has 6 atom stereocenters. The lowest BCUT2D eigenvalue weighted by atomic mass is 9.98. The van der Waals surface area contributed by atoms with Crippen LogP contribution in [0.3, 0.4) is 0 Å². The van der Waals surface area contributed by atoms with E-state index in [-0.39, 0.29) is 18.8 Å². The van der Waals surface area contributed by atoms with Crippen molar-refractivity contribution in [2.75, 3.05) is 6.54 Å². The monoisotopic (exact) mass is 544 g/mol. The van der Waals surface area contributed by atoms with Crippen LogP contribution in [0.25, 0.3) is 0 Å². The second-order valence-corrected chi connectivity index (χ2v) is 10.2. The van der Waals surface area contributed by atoms with E-state index in [1.807, 2.05) is 0 Å². The van der Waals surface area contributed by atoms with Gasteiger partial charge in [0.25, 0.3) is 0 Å². The van der Waals surface area contributed by atoms with Gasteiger partial charge in [0.05, 0.1) is 17.7 Å². The molecule has 0 unspecified atom stereocenters. The molecule has 0 saturated heterocycles. The fraction of sp³-hybridized carbons (Fsp3) is 0.750. The van der Waals surface area contributed by atoms with E-state index in [0.717, 1.165) is 0 Å². The number of aliphatic carboxylic acids is 1. The fourth-order valence-corrected chi connectivity index (χ4v) is 3.33. The minimum atomic E-state index is -1.25. The average molecular weight is 545 g/mol. The van der Waals surface area contributed by atoms with Gasteiger partial charge < -0.3 is 42.6 Å². The highest BCUT2D eigenvalue weighted by Crippen LogP contribution is 2.14. The zero-order valence-corrected chi connectivity index (χ0v) is 23.3. The van der Waals surface area contributed by atoms with Gasteiger partial charge in [-0.05, 0) is 47.0 Å². The second-order valence-electron chi connectivity index (χ2n) is 10.2. The lowest BCUT2D eigenvalue weighted by Crippen LogP contribution is -2.60. The van der Waals surface area contributed by atoms with Crippen molar-refractivity contribution < 1.29 is 38.6 Å². The van der Waals surface area contributed by atoms with Gasteiger partial charge in [-0.25, -0.2) is 0 Å². The molecule has 0 radical (unpaired) electrons. The molecule has 0 aromatic heterocycles. The molecule has 0 aromatic rings. The molecule has 0 fully saturated rings. The van der Waals surface area contributed by atoms with Crippen molar-refractivity contribution >= 4 is 35.5 Å². The Morgan fingerprint density at radius 1 is 0.868 bits per heavy atom. The number of hydrogen-bond donors (Lipinski definition) is 7. The summed E-state index contributed by atoms with van der Waals surface area (Å²) >= 11 is 0. The van der Waals surface area contributed by atoms with Crippen LogP contribution in [-0.2, 0) is 33.5 Å². The Labute approximate surface area is 223 Å². The topological polar surface area (TPSA) is 232 Å². The zero-order valence-electron chi connectivity index (χ0n) is 23.3. The Balaban J connectivity index is 5.57. The number of amides is 5. The van der Waals surface area contributed by atoms with Gasteiger partial charge in [-0.3, -0.25) is 28.8 Å². The summed E-state index contributed by atoms with van der Waals surface area (Å²) < 4.78 is 5.84. The maximum atomic E-state index is 13.2. The number of primary amides is 1. The highest BCUT2D eigenvalue weighted by molar-refractivity contribution is 5.95. The number of carbonyl (C=O) groups is 6. The van der Waals surface area contributed by atoms with Crippen LogP contribution >= 0.6 is 0 Å². The highest BCUT2D eigenvalue weighted by Gasteiger charge is 2.34. The molecule has 5 amide bonds. The summed E-state index contributed by atoms with van der Waals surface area (Å²) in [6.45, 7) is 11.2. The van der Waals surface area contributed by atoms with Crippen LogP contribution in [-0.4, -0.2) is 83.0 Å². The van der Waals surface area contributed by atoms with Crippen LogP contribution < -0.4 is 32.7 Å². The number of carboxylic acid groups (broad SMARTS) is 1. The Bertz CT molecular complexity index is 859. The van der Waals surface area contributed by atoms with Gasteiger partial charge >= 0.3 is 5.97 Å². The molecule has 38 heavy (non-hydrogen) atoms. The maximum Gasteiger partial charge on any atom is 0.322 e. The summed E-state index contributed by atoms with van der Waals surface area (Å²) in [6, 6.07) is -4.53. The van der Waals surface area contributed by atoms with Gasteiger partial charge in [0.15, 0.2) is 0 Å². The molecule has 0 rings (SSSR count). The van der Waals surface area contributed by atoms with Gasteiger partial charge in [0.2, 0.25) is 29.5 Å². The average Bonchev–Trinajstić information content (AvgIpc) is 2.80. The van der Waals surface area contributed by atoms with Gasteiger partial charge in [0.1, 0.15) is 24.7 Å². The summed E-state index contributed by atoms with van der Waals surface area (Å²) in [6.07, 6.45) is -0.470. The quantitative estimate of drug-likeness (QED) is 0.120. The Hall–Kier alpha value is -3.26. The zero-order chi connectivity index (χ0) is 29.8. The van der Waals surface area contributed by atoms with Crippen LogP contribution in [0.4, 0.5) is 0 Å². The molecular formula is C24H44N6O8. The van der Waals surface area contributed by atoms with Crippen LogP contribution in [0.1, 0.15) is 67.7 Å². The predicted molar refractivity (Wildman–Crippen MR) is 138 cm³/mol. The smallest absolute Gasteiger partial charge is 0.322 e. The number of hydrogen-bond acceptors (Lipinski definition) is 8. The van der Waals surface area contributed by atoms with Crippen LogP contribution in [0.5, 0.6) is 0 Å². The minimum absolute atomic E-state index is 0.0240. The van der Waals surface area contributed by atoms with E-state index < -0.39 is 77.9 Å². The normalized spacial score (nSPS) is 16.1. The van der Waals surface area contributed by atoms with Crippen molar-refractivity contribution in [1.82, 2.24) is 21.3 Å². The molecule has 14 nitrogen and oxygen atoms in total. The third-order valence-corrected chi connectivity index (χ3v) is 5.59. The van der Waals surface area contributed by atoms with E-state index in [0.29, 0.717) is 6.42 Å². The van der Waals surface area contributed by atoms with Crippen LogP contribution in [0, 0.1) is 5.92 Å². The van der Waals surface area contributed by atoms with Crippen molar-refractivity contribution in [3.8, 4) is 0 Å². The second kappa shape index (κ2) is 15.9. The molecule has 0 aliphatic heterocycles. The molecule has 0 bridgehead atoms. The van der Waals surface area contributed by atoms with Crippen molar-refractivity contribution in [3.63, 3.8) is 0 Å². The van der Waals surface area contributed by atoms with E-state index in [9.17, 15) is 28.8 Å². The van der Waals surface area contributed by atoms with Gasteiger partial charge in [-0.2, -0.15) is 0 Å². The SMILES string of the molecule is CC[C@H](C)[C@H](NC(=O)[C@H](C)NC(=O)[C@@H](NC(=O)[C@@H](N)CCC(N)=O)[C@@H](C)OC(C)(C)C)C(=O)NCC(=O)O. The summed E-state index contributed by atoms with van der Waals surface area (Å²) in [5.41, 5.74) is 10.3. The molecular weight excluding hydrogens is 500 g/mol. The van der Waals surface area contributed by atoms with Crippen molar-refractivity contribution in [1.29, 1.82) is 0 Å². The maximum absolute atomic E-state index is 13.2. The summed E-state index contributed by atoms with van der Waals surface area (Å²) in [5, 5.41) is 18.6. The van der Waals surface area contributed by atoms with E-state index in [2.05, 4.69) is 21.3 Å². The standard InChI is InChI=1S/C24H44N6O8/c1-8-12(2)18(22(36)27-11-17(32)33)29-20(34)13(3)28-23(37)19(14(4)38-24(5,6)7)30-21(35)15(25)9-10-16(26)31/h12-15,18-19H,8-11,25H2,1-7H3,(H2,26,31)(H,27,36)(H,28,37)(H,29,34)(H,30,35)(H,32,33)/t12-,13-,14+,15-,18-,19-/m0/s1. The van der Waals surface area contributed by atoms with E-state index >= 15 is 0 Å².